The molecule has 0 radical (unpaired) electrons. The summed E-state index contributed by atoms with van der Waals surface area (Å²) in [6, 6.07) is 0. The van der Waals surface area contributed by atoms with Crippen LogP contribution in [0.2, 0.25) is 0 Å². The molecule has 0 heterocycles. The average molecular weight is 189 g/mol. The van der Waals surface area contributed by atoms with Gasteiger partial charge in [-0.25, -0.2) is 0 Å². The molecule has 0 aliphatic heterocycles. The van der Waals surface area contributed by atoms with E-state index in [9.17, 15) is 0 Å². The van der Waals surface area contributed by atoms with Gasteiger partial charge in [0.15, 0.2) is 0 Å². The van der Waals surface area contributed by atoms with Crippen molar-refractivity contribution in [2.24, 2.45) is 0 Å². The van der Waals surface area contributed by atoms with Gasteiger partial charge in [-0.3, -0.25) is 0 Å². The van der Waals surface area contributed by atoms with Crippen LogP contribution in [0.25, 0.3) is 0 Å². The molecule has 0 aliphatic rings. The van der Waals surface area contributed by atoms with E-state index in [0.29, 0.717) is 0 Å². The maximum absolute atomic E-state index is 4.89. The minimum absolute atomic E-state index is 0. The third-order valence-corrected chi connectivity index (χ3v) is 0. The second-order valence-corrected chi connectivity index (χ2v) is 5.62. The van der Waals surface area contributed by atoms with E-state index in [1.54, 1.807) is 0 Å². The molecule has 0 unspecified atom stereocenters. The zero-order valence-electron chi connectivity index (χ0n) is 1.49. The molecule has 0 aromatic carbocycles. The first-order valence-corrected chi connectivity index (χ1v) is 4.96. The average Bonchev–Trinajstić information content (AvgIpc) is 0.811. The molecule has 5 heteroatoms. The number of hydrogen-bond acceptors (Lipinski definition) is 0. The number of hydrogen-bond donors (Lipinski definition) is 0. The van der Waals surface area contributed by atoms with Gasteiger partial charge in [-0.1, -0.05) is 0 Å². The SMILES string of the molecule is [Cl][Fe]([Cl])[Cl].[MgH2]. The van der Waals surface area contributed by atoms with Crippen LogP contribution in [0.5, 0.6) is 0 Å². The van der Waals surface area contributed by atoms with Gasteiger partial charge in [-0.2, -0.15) is 0 Å². The summed E-state index contributed by atoms with van der Waals surface area (Å²) in [6.45, 7) is 0. The summed E-state index contributed by atoms with van der Waals surface area (Å²) in [4.78, 5) is 0. The molecule has 0 bridgehead atoms. The molecule has 0 nitrogen and oxygen atoms in total. The normalized spacial score (nSPS) is 9.00. The Kier molecular flexibility index (Phi) is 12.6. The largest absolute Gasteiger partial charge is 0.316 e. The van der Waals surface area contributed by atoms with Crippen LogP contribution in [0.4, 0.5) is 0 Å². The van der Waals surface area contributed by atoms with Crippen LogP contribution in [0, 0.1) is 0 Å². The molecule has 0 atom stereocenters. The minimum Gasteiger partial charge on any atom is 0.316 e. The number of halogens is 3. The summed E-state index contributed by atoms with van der Waals surface area (Å²) >= 11 is -1.33. The Labute approximate surface area is 63.9 Å². The van der Waals surface area contributed by atoms with Crippen LogP contribution in [-0.2, 0) is 11.2 Å². The van der Waals surface area contributed by atoms with Gasteiger partial charge in [0.1, 0.15) is 0 Å². The van der Waals surface area contributed by atoms with Crippen molar-refractivity contribution >= 4 is 53.3 Å². The molecule has 5 heavy (non-hydrogen) atoms. The Morgan fingerprint density at radius 3 is 1.00 bits per heavy atom. The third-order valence-electron chi connectivity index (χ3n) is 0. The van der Waals surface area contributed by atoms with Gasteiger partial charge < -0.3 is 0 Å². The van der Waals surface area contributed by atoms with Crippen molar-refractivity contribution in [3.63, 3.8) is 0 Å². The van der Waals surface area contributed by atoms with Crippen LogP contribution in [0.1, 0.15) is 0 Å². The summed E-state index contributed by atoms with van der Waals surface area (Å²) in [5.41, 5.74) is 0. The summed E-state index contributed by atoms with van der Waals surface area (Å²) in [5, 5.41) is 0. The van der Waals surface area contributed by atoms with Gasteiger partial charge in [-0.15, -0.1) is 0 Å². The zero-order chi connectivity index (χ0) is 3.58. The third kappa shape index (κ3) is 22.9. The molecule has 0 amide bonds. The molecule has 0 aliphatic carbocycles. The van der Waals surface area contributed by atoms with E-state index in [2.05, 4.69) is 0 Å². The van der Waals surface area contributed by atoms with E-state index in [1.807, 2.05) is 0 Å². The van der Waals surface area contributed by atoms with E-state index >= 15 is 0 Å². The van der Waals surface area contributed by atoms with Crippen LogP contribution >= 0.6 is 30.3 Å². The van der Waals surface area contributed by atoms with Crippen molar-refractivity contribution in [1.29, 1.82) is 0 Å². The fraction of sp³-hybridized carbons (Fsp3) is 0. The topological polar surface area (TPSA) is 0 Å². The van der Waals surface area contributed by atoms with Gasteiger partial charge >= 0.3 is 64.5 Å². The molecule has 0 aromatic rings. The Balaban J connectivity index is 0. The van der Waals surface area contributed by atoms with Crippen molar-refractivity contribution < 1.29 is 11.2 Å². The van der Waals surface area contributed by atoms with Crippen molar-refractivity contribution in [2.45, 2.75) is 0 Å². The van der Waals surface area contributed by atoms with E-state index < -0.39 is 11.2 Å². The monoisotopic (exact) mass is 187 g/mol. The maximum atomic E-state index is 4.89. The molecule has 0 N–H and O–H groups in total. The van der Waals surface area contributed by atoms with Crippen LogP contribution in [0.15, 0.2) is 0 Å². The van der Waals surface area contributed by atoms with Gasteiger partial charge in [0, 0.05) is 0 Å². The van der Waals surface area contributed by atoms with Crippen LogP contribution < -0.4 is 0 Å². The Morgan fingerprint density at radius 2 is 1.00 bits per heavy atom. The first kappa shape index (κ1) is 10.2. The quantitative estimate of drug-likeness (QED) is 0.501. The molecule has 0 rings (SSSR count). The standard InChI is InChI=1S/3ClH.Fe.Mg.2H/h3*1H;;;;/q;;;+3;;;/p-3. The first-order chi connectivity index (χ1) is 1.73. The van der Waals surface area contributed by atoms with Crippen LogP contribution in [-0.4, -0.2) is 23.1 Å². The van der Waals surface area contributed by atoms with E-state index in [0.717, 1.165) is 0 Å². The molecular formula is H2Cl3FeMg. The molecule has 33 valence electrons. The predicted molar refractivity (Wildman–Crippen MR) is 26.1 cm³/mol. The molecule has 0 fully saturated rings. The molecule has 0 aromatic heterocycles. The molecular weight excluding hydrogens is 187 g/mol. The van der Waals surface area contributed by atoms with Gasteiger partial charge in [0.2, 0.25) is 0 Å². The zero-order valence-corrected chi connectivity index (χ0v) is 4.86. The van der Waals surface area contributed by atoms with Crippen molar-refractivity contribution in [2.75, 3.05) is 0 Å². The predicted octanol–water partition coefficient (Wildman–Crippen LogP) is 1.15. The summed E-state index contributed by atoms with van der Waals surface area (Å²) < 4.78 is 0. The Hall–Kier alpha value is 2.16. The van der Waals surface area contributed by atoms with E-state index in [1.165, 1.54) is 0 Å². The van der Waals surface area contributed by atoms with Gasteiger partial charge in [0.25, 0.3) is 0 Å². The van der Waals surface area contributed by atoms with E-state index in [-0.39, 0.29) is 23.1 Å². The van der Waals surface area contributed by atoms with Crippen LogP contribution in [0.3, 0.4) is 0 Å². The summed E-state index contributed by atoms with van der Waals surface area (Å²) in [5.74, 6) is 0. The van der Waals surface area contributed by atoms with E-state index in [4.69, 9.17) is 30.3 Å². The second-order valence-electron chi connectivity index (χ2n) is 0.152. The summed E-state index contributed by atoms with van der Waals surface area (Å²) in [6.07, 6.45) is 0. The molecule has 0 spiro atoms. The van der Waals surface area contributed by atoms with Gasteiger partial charge in [-0.05, 0) is 0 Å². The minimum atomic E-state index is -1.33. The maximum Gasteiger partial charge on any atom is 0.316 e. The molecule has 0 saturated heterocycles. The Morgan fingerprint density at radius 1 is 1.00 bits per heavy atom. The smallest absolute Gasteiger partial charge is 0.316 e. The van der Waals surface area contributed by atoms with Gasteiger partial charge in [0.05, 0.1) is 0 Å². The Bertz CT molecular complexity index is 11.6. The fourth-order valence-electron chi connectivity index (χ4n) is 0. The number of rotatable bonds is 0. The van der Waals surface area contributed by atoms with Crippen molar-refractivity contribution in [1.82, 2.24) is 0 Å². The molecule has 0 saturated carbocycles. The summed E-state index contributed by atoms with van der Waals surface area (Å²) in [7, 11) is 14.7. The van der Waals surface area contributed by atoms with Crippen molar-refractivity contribution in [3.8, 4) is 0 Å². The first-order valence-electron chi connectivity index (χ1n) is 0.401. The second kappa shape index (κ2) is 6.16. The van der Waals surface area contributed by atoms with Crippen molar-refractivity contribution in [3.05, 3.63) is 0 Å². The fourth-order valence-corrected chi connectivity index (χ4v) is 0.